The Labute approximate surface area is 170 Å². The topological polar surface area (TPSA) is 36.5 Å². The molecule has 2 aliphatic rings. The van der Waals surface area contributed by atoms with Crippen LogP contribution in [0.15, 0.2) is 72.8 Å². The molecule has 4 nitrogen and oxygen atoms in total. The number of hydrogen-bond acceptors (Lipinski definition) is 4. The van der Waals surface area contributed by atoms with E-state index in [2.05, 4.69) is 52.1 Å². The van der Waals surface area contributed by atoms with Crippen LogP contribution in [0.25, 0.3) is 0 Å². The molecule has 0 amide bonds. The van der Waals surface area contributed by atoms with Crippen LogP contribution in [0.5, 0.6) is 5.75 Å². The molecule has 0 spiro atoms. The zero-order valence-electron chi connectivity index (χ0n) is 16.3. The highest BCUT2D eigenvalue weighted by molar-refractivity contribution is 5.58. The van der Waals surface area contributed by atoms with E-state index < -0.39 is 0 Å². The van der Waals surface area contributed by atoms with Crippen LogP contribution in [-0.2, 0) is 6.54 Å². The Bertz CT molecular complexity index is 1010. The highest BCUT2D eigenvalue weighted by atomic mass is 19.1. The summed E-state index contributed by atoms with van der Waals surface area (Å²) in [6.45, 7) is 1.57. The first kappa shape index (κ1) is 18.2. The molecule has 5 rings (SSSR count). The Morgan fingerprint density at radius 2 is 1.76 bits per heavy atom. The van der Waals surface area contributed by atoms with Gasteiger partial charge in [-0.15, -0.1) is 0 Å². The van der Waals surface area contributed by atoms with Crippen molar-refractivity contribution in [2.24, 2.45) is 5.92 Å². The number of hydrazine groups is 1. The second-order valence-electron chi connectivity index (χ2n) is 7.75. The molecule has 0 aromatic heterocycles. The van der Waals surface area contributed by atoms with Crippen molar-refractivity contribution in [2.75, 3.05) is 18.6 Å². The fourth-order valence-corrected chi connectivity index (χ4v) is 4.64. The highest BCUT2D eigenvalue weighted by Crippen LogP contribution is 2.45. The minimum absolute atomic E-state index is 0.189. The average molecular weight is 389 g/mol. The van der Waals surface area contributed by atoms with E-state index in [1.54, 1.807) is 19.2 Å². The maximum absolute atomic E-state index is 13.7. The molecule has 0 radical (unpaired) electrons. The van der Waals surface area contributed by atoms with Gasteiger partial charge in [-0.1, -0.05) is 42.5 Å². The minimum atomic E-state index is -0.189. The van der Waals surface area contributed by atoms with Crippen molar-refractivity contribution < 1.29 is 9.13 Å². The van der Waals surface area contributed by atoms with Gasteiger partial charge in [-0.3, -0.25) is 0 Å². The van der Waals surface area contributed by atoms with Gasteiger partial charge in [0.05, 0.1) is 19.2 Å². The quantitative estimate of drug-likeness (QED) is 0.695. The lowest BCUT2D eigenvalue weighted by Crippen LogP contribution is -2.39. The van der Waals surface area contributed by atoms with Gasteiger partial charge in [0, 0.05) is 24.7 Å². The smallest absolute Gasteiger partial charge is 0.123 e. The monoisotopic (exact) mass is 389 g/mol. The third kappa shape index (κ3) is 3.37. The van der Waals surface area contributed by atoms with Gasteiger partial charge in [-0.2, -0.15) is 0 Å². The van der Waals surface area contributed by atoms with Crippen molar-refractivity contribution in [1.29, 1.82) is 0 Å². The molecule has 2 aliphatic heterocycles. The molecule has 0 bridgehead atoms. The predicted molar refractivity (Wildman–Crippen MR) is 112 cm³/mol. The number of methoxy groups -OCH3 is 1. The molecule has 2 N–H and O–H groups in total. The van der Waals surface area contributed by atoms with Crippen LogP contribution < -0.4 is 20.5 Å². The normalized spacial score (nSPS) is 22.8. The van der Waals surface area contributed by atoms with Crippen LogP contribution in [0.3, 0.4) is 0 Å². The third-order valence-corrected chi connectivity index (χ3v) is 6.03. The zero-order valence-corrected chi connectivity index (χ0v) is 16.3. The summed E-state index contributed by atoms with van der Waals surface area (Å²) >= 11 is 0. The first-order chi connectivity index (χ1) is 14.2. The summed E-state index contributed by atoms with van der Waals surface area (Å²) in [5, 5.41) is 0. The van der Waals surface area contributed by atoms with Crippen LogP contribution in [-0.4, -0.2) is 13.7 Å². The summed E-state index contributed by atoms with van der Waals surface area (Å²) in [5.74, 6) is 1.02. The molecule has 0 saturated carbocycles. The fraction of sp³-hybridized carbons (Fsp3) is 0.250. The van der Waals surface area contributed by atoms with E-state index in [0.717, 1.165) is 17.9 Å². The van der Waals surface area contributed by atoms with Crippen molar-refractivity contribution in [2.45, 2.75) is 18.6 Å². The number of hydrogen-bond donors (Lipinski definition) is 2. The van der Waals surface area contributed by atoms with Gasteiger partial charge in [0.15, 0.2) is 0 Å². The Kier molecular flexibility index (Phi) is 4.70. The van der Waals surface area contributed by atoms with Crippen LogP contribution >= 0.6 is 0 Å². The van der Waals surface area contributed by atoms with Crippen LogP contribution in [0.2, 0.25) is 0 Å². The lowest BCUT2D eigenvalue weighted by atomic mass is 9.82. The second-order valence-corrected chi connectivity index (χ2v) is 7.75. The number of fused-ring (bicyclic) bond motifs is 3. The van der Waals surface area contributed by atoms with E-state index >= 15 is 0 Å². The van der Waals surface area contributed by atoms with Crippen molar-refractivity contribution in [3.05, 3.63) is 95.3 Å². The summed E-state index contributed by atoms with van der Waals surface area (Å²) in [6.07, 6.45) is 0. The molecule has 1 fully saturated rings. The summed E-state index contributed by atoms with van der Waals surface area (Å²) in [7, 11) is 1.68. The van der Waals surface area contributed by atoms with Gasteiger partial charge in [0.1, 0.15) is 11.6 Å². The maximum Gasteiger partial charge on any atom is 0.123 e. The molecule has 2 heterocycles. The molecule has 3 aromatic rings. The van der Waals surface area contributed by atoms with Crippen molar-refractivity contribution in [3.63, 3.8) is 0 Å². The molecule has 1 saturated heterocycles. The molecular formula is C24H24FN3O. The second kappa shape index (κ2) is 7.50. The number of anilines is 1. The highest BCUT2D eigenvalue weighted by Gasteiger charge is 2.43. The van der Waals surface area contributed by atoms with E-state index in [-0.39, 0.29) is 17.9 Å². The average Bonchev–Trinajstić information content (AvgIpc) is 3.18. The van der Waals surface area contributed by atoms with Gasteiger partial charge < -0.3 is 9.64 Å². The fourth-order valence-electron chi connectivity index (χ4n) is 4.64. The Balaban J connectivity index is 1.47. The molecule has 3 aromatic carbocycles. The zero-order chi connectivity index (χ0) is 19.8. The minimum Gasteiger partial charge on any atom is -0.497 e. The van der Waals surface area contributed by atoms with E-state index in [1.807, 2.05) is 18.2 Å². The number of para-hydroxylation sites is 1. The van der Waals surface area contributed by atoms with E-state index in [4.69, 9.17) is 4.74 Å². The Morgan fingerprint density at radius 1 is 0.966 bits per heavy atom. The number of ether oxygens (including phenoxy) is 1. The number of nitrogens with zero attached hydrogens (tertiary/aromatic N) is 1. The number of nitrogens with one attached hydrogen (secondary N) is 2. The van der Waals surface area contributed by atoms with Crippen LogP contribution in [0.4, 0.5) is 10.1 Å². The van der Waals surface area contributed by atoms with E-state index in [9.17, 15) is 4.39 Å². The summed E-state index contributed by atoms with van der Waals surface area (Å²) in [5.41, 5.74) is 11.7. The van der Waals surface area contributed by atoms with Gasteiger partial charge >= 0.3 is 0 Å². The summed E-state index contributed by atoms with van der Waals surface area (Å²) < 4.78 is 19.0. The van der Waals surface area contributed by atoms with Gasteiger partial charge in [0.2, 0.25) is 0 Å². The predicted octanol–water partition coefficient (Wildman–Crippen LogP) is 4.36. The van der Waals surface area contributed by atoms with Gasteiger partial charge in [-0.05, 0) is 47.0 Å². The van der Waals surface area contributed by atoms with Crippen molar-refractivity contribution in [1.82, 2.24) is 10.9 Å². The lowest BCUT2D eigenvalue weighted by molar-refractivity contribution is 0.400. The first-order valence-corrected chi connectivity index (χ1v) is 9.96. The first-order valence-electron chi connectivity index (χ1n) is 9.96. The molecule has 3 atom stereocenters. The van der Waals surface area contributed by atoms with Crippen LogP contribution in [0.1, 0.15) is 28.8 Å². The van der Waals surface area contributed by atoms with Crippen molar-refractivity contribution >= 4 is 5.69 Å². The number of halogens is 1. The molecule has 5 heteroatoms. The molecule has 148 valence electrons. The molecular weight excluding hydrogens is 365 g/mol. The summed E-state index contributed by atoms with van der Waals surface area (Å²) in [6, 6.07) is 24.1. The van der Waals surface area contributed by atoms with Gasteiger partial charge in [0.25, 0.3) is 0 Å². The molecule has 3 unspecified atom stereocenters. The SMILES string of the molecule is COc1ccc(C2NNC3c4ccccc4N(Cc4cccc(F)c4)CC23)cc1. The van der Waals surface area contributed by atoms with Crippen LogP contribution in [0, 0.1) is 11.7 Å². The number of rotatable bonds is 4. The molecule has 29 heavy (non-hydrogen) atoms. The van der Waals surface area contributed by atoms with Crippen molar-refractivity contribution in [3.8, 4) is 5.75 Å². The maximum atomic E-state index is 13.7. The number of benzene rings is 3. The lowest BCUT2D eigenvalue weighted by Gasteiger charge is -2.39. The Morgan fingerprint density at radius 3 is 2.55 bits per heavy atom. The van der Waals surface area contributed by atoms with E-state index in [1.165, 1.54) is 22.9 Å². The standard InChI is InChI=1S/C24H24FN3O/c1-29-19-11-9-17(10-12-19)23-21-15-28(14-16-5-4-6-18(25)13-16)22-8-3-2-7-20(22)24(21)27-26-23/h2-13,21,23-24,26-27H,14-15H2,1H3. The largest absolute Gasteiger partial charge is 0.497 e. The summed E-state index contributed by atoms with van der Waals surface area (Å²) in [4.78, 5) is 2.37. The Hall–Kier alpha value is -2.89. The van der Waals surface area contributed by atoms with E-state index in [0.29, 0.717) is 12.5 Å². The van der Waals surface area contributed by atoms with Gasteiger partial charge in [-0.25, -0.2) is 15.2 Å². The third-order valence-electron chi connectivity index (χ3n) is 6.03. The molecule has 0 aliphatic carbocycles.